The Labute approximate surface area is 143 Å². The lowest BCUT2D eigenvalue weighted by Gasteiger charge is -2.24. The van der Waals surface area contributed by atoms with Gasteiger partial charge < -0.3 is 15.5 Å². The van der Waals surface area contributed by atoms with Gasteiger partial charge in [-0.3, -0.25) is 4.79 Å². The van der Waals surface area contributed by atoms with Crippen LogP contribution in [-0.2, 0) is 6.54 Å². The number of halogens is 1. The summed E-state index contributed by atoms with van der Waals surface area (Å²) in [5.41, 5.74) is 5.98. The summed E-state index contributed by atoms with van der Waals surface area (Å²) in [5, 5.41) is 2.94. The van der Waals surface area contributed by atoms with E-state index in [1.165, 1.54) is 6.26 Å². The van der Waals surface area contributed by atoms with E-state index >= 15 is 0 Å². The van der Waals surface area contributed by atoms with Crippen LogP contribution in [-0.4, -0.2) is 17.2 Å². The molecule has 2 aromatic rings. The van der Waals surface area contributed by atoms with Crippen molar-refractivity contribution in [3.63, 3.8) is 0 Å². The Morgan fingerprint density at radius 1 is 1.36 bits per heavy atom. The average Bonchev–Trinajstić information content (AvgIpc) is 2.96. The summed E-state index contributed by atoms with van der Waals surface area (Å²) in [6, 6.07) is 9.81. The van der Waals surface area contributed by atoms with Crippen molar-refractivity contribution in [2.75, 3.05) is 6.54 Å². The van der Waals surface area contributed by atoms with Gasteiger partial charge in [0.2, 0.25) is 0 Å². The zero-order chi connectivity index (χ0) is 16.2. The number of amides is 1. The maximum atomic E-state index is 12.1. The molecule has 4 nitrogen and oxygen atoms in total. The lowest BCUT2D eigenvalue weighted by atomic mass is 10.2. The molecule has 0 aliphatic rings. The minimum atomic E-state index is -0.145. The number of carbonyl (C=O) groups excluding carboxylic acids is 1. The van der Waals surface area contributed by atoms with Crippen molar-refractivity contribution in [2.24, 2.45) is 5.73 Å². The quantitative estimate of drug-likeness (QED) is 0.745. The molecular formula is C16H19BrN2O2S. The lowest BCUT2D eigenvalue weighted by Crippen LogP contribution is -2.36. The first-order valence-electron chi connectivity index (χ1n) is 6.90. The van der Waals surface area contributed by atoms with E-state index in [2.05, 4.69) is 47.2 Å². The smallest absolute Gasteiger partial charge is 0.254 e. The third-order valence-corrected chi connectivity index (χ3v) is 4.73. The third-order valence-electron chi connectivity index (χ3n) is 3.00. The van der Waals surface area contributed by atoms with Crippen LogP contribution in [0.3, 0.4) is 0 Å². The van der Waals surface area contributed by atoms with Crippen LogP contribution in [0.5, 0.6) is 0 Å². The molecule has 0 bridgehead atoms. The first-order valence-corrected chi connectivity index (χ1v) is 8.51. The summed E-state index contributed by atoms with van der Waals surface area (Å²) in [7, 11) is 0. The Balaban J connectivity index is 1.91. The number of carbonyl (C=O) groups is 1. The van der Waals surface area contributed by atoms with Gasteiger partial charge in [-0.15, -0.1) is 11.8 Å². The van der Waals surface area contributed by atoms with E-state index in [9.17, 15) is 4.79 Å². The van der Waals surface area contributed by atoms with Crippen LogP contribution in [0.25, 0.3) is 0 Å². The largest absolute Gasteiger partial charge is 0.467 e. The summed E-state index contributed by atoms with van der Waals surface area (Å²) in [5.74, 6) is 0.460. The van der Waals surface area contributed by atoms with E-state index in [1.54, 1.807) is 17.8 Å². The number of hydrogen-bond acceptors (Lipinski definition) is 4. The average molecular weight is 383 g/mol. The molecule has 22 heavy (non-hydrogen) atoms. The molecule has 2 rings (SSSR count). The number of hydrogen-bond donors (Lipinski definition) is 2. The number of rotatable bonds is 6. The predicted molar refractivity (Wildman–Crippen MR) is 93.0 cm³/mol. The van der Waals surface area contributed by atoms with Crippen LogP contribution in [0.1, 0.15) is 30.0 Å². The van der Waals surface area contributed by atoms with Gasteiger partial charge in [-0.05, 0) is 44.2 Å². The molecule has 1 aromatic heterocycles. The monoisotopic (exact) mass is 382 g/mol. The molecular weight excluding hydrogens is 364 g/mol. The van der Waals surface area contributed by atoms with E-state index in [-0.39, 0.29) is 17.2 Å². The fourth-order valence-electron chi connectivity index (χ4n) is 1.86. The van der Waals surface area contributed by atoms with Gasteiger partial charge >= 0.3 is 0 Å². The molecule has 6 heteroatoms. The summed E-state index contributed by atoms with van der Waals surface area (Å²) in [6.07, 6.45) is 1.44. The molecule has 1 amide bonds. The van der Waals surface area contributed by atoms with Crippen molar-refractivity contribution in [2.45, 2.75) is 30.0 Å². The fourth-order valence-corrected chi connectivity index (χ4v) is 3.18. The second kappa shape index (κ2) is 7.35. The van der Waals surface area contributed by atoms with Gasteiger partial charge in [0.1, 0.15) is 12.0 Å². The van der Waals surface area contributed by atoms with Gasteiger partial charge in [0.15, 0.2) is 0 Å². The Morgan fingerprint density at radius 3 is 2.64 bits per heavy atom. The highest BCUT2D eigenvalue weighted by molar-refractivity contribution is 9.10. The number of thioether (sulfide) groups is 1. The molecule has 0 unspecified atom stereocenters. The lowest BCUT2D eigenvalue weighted by molar-refractivity contribution is 0.0950. The first kappa shape index (κ1) is 17.1. The molecule has 1 heterocycles. The molecule has 0 spiro atoms. The van der Waals surface area contributed by atoms with Crippen LogP contribution in [0.15, 0.2) is 50.4 Å². The SMILES string of the molecule is CC(C)(CNC(=O)c1coc(CN)c1)Sc1ccc(Br)cc1. The molecule has 0 saturated carbocycles. The second-order valence-corrected chi connectivity index (χ2v) is 8.20. The van der Waals surface area contributed by atoms with Gasteiger partial charge in [-0.1, -0.05) is 15.9 Å². The third kappa shape index (κ3) is 4.90. The number of nitrogens with two attached hydrogens (primary N) is 1. The molecule has 0 atom stereocenters. The highest BCUT2D eigenvalue weighted by Gasteiger charge is 2.21. The highest BCUT2D eigenvalue weighted by atomic mass is 79.9. The Hall–Kier alpha value is -1.24. The standard InChI is InChI=1S/C16H19BrN2O2S/c1-16(2,22-14-5-3-12(17)4-6-14)10-19-15(20)11-7-13(8-18)21-9-11/h3-7,9H,8,10,18H2,1-2H3,(H,19,20). The zero-order valence-electron chi connectivity index (χ0n) is 12.6. The molecule has 0 fully saturated rings. The van der Waals surface area contributed by atoms with Crippen LogP contribution < -0.4 is 11.1 Å². The number of nitrogens with one attached hydrogen (secondary N) is 1. The molecule has 0 saturated heterocycles. The van der Waals surface area contributed by atoms with Crippen molar-refractivity contribution in [3.05, 3.63) is 52.4 Å². The predicted octanol–water partition coefficient (Wildman–Crippen LogP) is 3.80. The van der Waals surface area contributed by atoms with Crippen molar-refractivity contribution in [3.8, 4) is 0 Å². The van der Waals surface area contributed by atoms with Crippen LogP contribution >= 0.6 is 27.7 Å². The maximum Gasteiger partial charge on any atom is 0.254 e. The molecule has 0 aliphatic heterocycles. The molecule has 118 valence electrons. The molecule has 1 aromatic carbocycles. The number of benzene rings is 1. The van der Waals surface area contributed by atoms with Gasteiger partial charge in [-0.2, -0.15) is 0 Å². The topological polar surface area (TPSA) is 68.3 Å². The minimum absolute atomic E-state index is 0.121. The van der Waals surface area contributed by atoms with E-state index < -0.39 is 0 Å². The van der Waals surface area contributed by atoms with Crippen LogP contribution in [0, 0.1) is 0 Å². The summed E-state index contributed by atoms with van der Waals surface area (Å²) in [4.78, 5) is 13.3. The second-order valence-electron chi connectivity index (χ2n) is 5.50. The van der Waals surface area contributed by atoms with Crippen LogP contribution in [0.2, 0.25) is 0 Å². The summed E-state index contributed by atoms with van der Waals surface area (Å²) in [6.45, 7) is 5.04. The zero-order valence-corrected chi connectivity index (χ0v) is 15.0. The van der Waals surface area contributed by atoms with E-state index in [0.717, 1.165) is 9.37 Å². The van der Waals surface area contributed by atoms with Crippen molar-refractivity contribution in [1.29, 1.82) is 0 Å². The van der Waals surface area contributed by atoms with Crippen LogP contribution in [0.4, 0.5) is 0 Å². The Morgan fingerprint density at radius 2 is 2.05 bits per heavy atom. The van der Waals surface area contributed by atoms with Crippen molar-refractivity contribution < 1.29 is 9.21 Å². The summed E-state index contributed by atoms with van der Waals surface area (Å²) >= 11 is 5.15. The minimum Gasteiger partial charge on any atom is -0.467 e. The number of furan rings is 1. The van der Waals surface area contributed by atoms with Crippen molar-refractivity contribution >= 4 is 33.6 Å². The van der Waals surface area contributed by atoms with E-state index in [0.29, 0.717) is 17.9 Å². The Kier molecular flexibility index (Phi) is 5.72. The van der Waals surface area contributed by atoms with E-state index in [1.807, 2.05) is 12.1 Å². The summed E-state index contributed by atoms with van der Waals surface area (Å²) < 4.78 is 6.11. The van der Waals surface area contributed by atoms with Gasteiger partial charge in [-0.25, -0.2) is 0 Å². The fraction of sp³-hybridized carbons (Fsp3) is 0.312. The van der Waals surface area contributed by atoms with Gasteiger partial charge in [0.05, 0.1) is 12.1 Å². The molecule has 0 aliphatic carbocycles. The van der Waals surface area contributed by atoms with E-state index in [4.69, 9.17) is 10.2 Å². The normalized spacial score (nSPS) is 11.5. The molecule has 0 radical (unpaired) electrons. The molecule has 3 N–H and O–H groups in total. The van der Waals surface area contributed by atoms with Gasteiger partial charge in [0.25, 0.3) is 5.91 Å². The van der Waals surface area contributed by atoms with Gasteiger partial charge in [0, 0.05) is 20.7 Å². The first-order chi connectivity index (χ1) is 10.4. The maximum absolute atomic E-state index is 12.1. The Bertz CT molecular complexity index is 638. The van der Waals surface area contributed by atoms with Crippen molar-refractivity contribution in [1.82, 2.24) is 5.32 Å². The highest BCUT2D eigenvalue weighted by Crippen LogP contribution is 2.32.